The molecule has 1 aromatic heterocycles. The number of hydrogen-bond acceptors (Lipinski definition) is 3. The molecule has 0 saturated heterocycles. The van der Waals surface area contributed by atoms with Crippen molar-refractivity contribution in [2.75, 3.05) is 6.61 Å². The van der Waals surface area contributed by atoms with E-state index >= 15 is 0 Å². The summed E-state index contributed by atoms with van der Waals surface area (Å²) in [5.74, 6) is -0.650. The van der Waals surface area contributed by atoms with Gasteiger partial charge < -0.3 is 4.74 Å². The highest BCUT2D eigenvalue weighted by atomic mass is 19.4. The van der Waals surface area contributed by atoms with Gasteiger partial charge >= 0.3 is 12.1 Å². The van der Waals surface area contributed by atoms with Crippen LogP contribution in [0.1, 0.15) is 23.9 Å². The smallest absolute Gasteiger partial charge is 0.435 e. The highest BCUT2D eigenvalue weighted by molar-refractivity contribution is 6.08. The van der Waals surface area contributed by atoms with E-state index in [2.05, 4.69) is 9.84 Å². The van der Waals surface area contributed by atoms with E-state index in [4.69, 9.17) is 7.85 Å². The molecule has 2 radical (unpaired) electrons. The van der Waals surface area contributed by atoms with Crippen molar-refractivity contribution in [1.82, 2.24) is 9.78 Å². The third kappa shape index (κ3) is 3.05. The summed E-state index contributed by atoms with van der Waals surface area (Å²) in [6, 6.07) is 0. The Balaban J connectivity index is 3.09. The Morgan fingerprint density at radius 1 is 1.50 bits per heavy atom. The molecule has 0 saturated carbocycles. The van der Waals surface area contributed by atoms with Gasteiger partial charge in [-0.05, 0) is 20.2 Å². The van der Waals surface area contributed by atoms with Crippen molar-refractivity contribution >= 4 is 13.8 Å². The van der Waals surface area contributed by atoms with E-state index in [0.717, 1.165) is 4.68 Å². The lowest BCUT2D eigenvalue weighted by molar-refractivity contribution is -0.146. The third-order valence-electron chi connectivity index (χ3n) is 2.37. The van der Waals surface area contributed by atoms with Gasteiger partial charge in [-0.3, -0.25) is 9.48 Å². The van der Waals surface area contributed by atoms with Crippen LogP contribution in [0.4, 0.5) is 13.2 Å². The van der Waals surface area contributed by atoms with E-state index in [9.17, 15) is 18.0 Å². The lowest BCUT2D eigenvalue weighted by atomic mass is 9.98. The minimum Gasteiger partial charge on any atom is -0.465 e. The van der Waals surface area contributed by atoms with Crippen LogP contribution in [-0.2, 0) is 28.6 Å². The molecule has 0 aliphatic heterocycles. The number of esters is 1. The molecule has 0 aliphatic rings. The summed E-state index contributed by atoms with van der Waals surface area (Å²) in [7, 11) is 5.38. The molecule has 0 unspecified atom stereocenters. The molecule has 4 nitrogen and oxygen atoms in total. The Labute approximate surface area is 104 Å². The van der Waals surface area contributed by atoms with Gasteiger partial charge in [0.2, 0.25) is 0 Å². The molecule has 0 atom stereocenters. The predicted molar refractivity (Wildman–Crippen MR) is 58.1 cm³/mol. The van der Waals surface area contributed by atoms with Gasteiger partial charge in [0, 0.05) is 11.3 Å². The molecule has 1 aromatic rings. The minimum atomic E-state index is -4.56. The van der Waals surface area contributed by atoms with Crippen molar-refractivity contribution in [3.05, 3.63) is 17.0 Å². The fourth-order valence-electron chi connectivity index (χ4n) is 1.57. The quantitative estimate of drug-likeness (QED) is 0.607. The number of hydrogen-bond donors (Lipinski definition) is 0. The summed E-state index contributed by atoms with van der Waals surface area (Å²) >= 11 is 0. The summed E-state index contributed by atoms with van der Waals surface area (Å²) in [6.07, 6.45) is -4.69. The number of nitrogens with zero attached hydrogens (tertiary/aromatic N) is 2. The molecule has 1 heterocycles. The largest absolute Gasteiger partial charge is 0.465 e. The maximum atomic E-state index is 12.6. The van der Waals surface area contributed by atoms with Crippen molar-refractivity contribution < 1.29 is 22.7 Å². The highest BCUT2D eigenvalue weighted by Gasteiger charge is 2.37. The van der Waals surface area contributed by atoms with E-state index in [1.54, 1.807) is 6.92 Å². The van der Waals surface area contributed by atoms with Gasteiger partial charge in [-0.2, -0.15) is 18.3 Å². The Kier molecular flexibility index (Phi) is 4.42. The topological polar surface area (TPSA) is 44.1 Å². The number of rotatable bonds is 4. The van der Waals surface area contributed by atoms with E-state index < -0.39 is 17.8 Å². The van der Waals surface area contributed by atoms with E-state index in [-0.39, 0.29) is 30.7 Å². The summed E-state index contributed by atoms with van der Waals surface area (Å²) in [5.41, 5.74) is -0.906. The second kappa shape index (κ2) is 5.45. The lowest BCUT2D eigenvalue weighted by Gasteiger charge is -2.05. The lowest BCUT2D eigenvalue weighted by Crippen LogP contribution is -2.17. The SMILES string of the molecule is [B]Cc1c(C)c(C(F)(F)F)nn1CC(=O)OCC. The average molecular weight is 260 g/mol. The Morgan fingerprint density at radius 2 is 2.11 bits per heavy atom. The van der Waals surface area contributed by atoms with Crippen molar-refractivity contribution in [2.45, 2.75) is 32.9 Å². The Bertz CT molecular complexity index is 443. The summed E-state index contributed by atoms with van der Waals surface area (Å²) in [4.78, 5) is 11.2. The number of ether oxygens (including phenoxy) is 1. The zero-order valence-electron chi connectivity index (χ0n) is 10.0. The molecule has 0 amide bonds. The van der Waals surface area contributed by atoms with Crippen molar-refractivity contribution in [3.8, 4) is 0 Å². The van der Waals surface area contributed by atoms with Gasteiger partial charge in [-0.1, -0.05) is 0 Å². The molecular weight excluding hydrogens is 248 g/mol. The fraction of sp³-hybridized carbons (Fsp3) is 0.600. The zero-order chi connectivity index (χ0) is 13.9. The summed E-state index contributed by atoms with van der Waals surface area (Å²) < 4.78 is 43.5. The Morgan fingerprint density at radius 3 is 2.56 bits per heavy atom. The van der Waals surface area contributed by atoms with Gasteiger partial charge in [0.25, 0.3) is 0 Å². The van der Waals surface area contributed by atoms with Crippen LogP contribution in [0.5, 0.6) is 0 Å². The molecule has 0 aromatic carbocycles. The standard InChI is InChI=1S/C10H12BF3N2O2/c1-3-18-8(17)5-16-7(4-11)6(2)9(15-16)10(12,13)14/h3-5H2,1-2H3. The number of carbonyl (C=O) groups excluding carboxylic acids is 1. The summed E-state index contributed by atoms with van der Waals surface area (Å²) in [6.45, 7) is 2.66. The van der Waals surface area contributed by atoms with Crippen LogP contribution in [0.25, 0.3) is 0 Å². The number of halogens is 3. The molecule has 0 bridgehead atoms. The van der Waals surface area contributed by atoms with Gasteiger partial charge in [-0.15, -0.1) is 0 Å². The first-order chi connectivity index (χ1) is 8.31. The minimum absolute atomic E-state index is 0.0608. The van der Waals surface area contributed by atoms with E-state index in [0.29, 0.717) is 0 Å². The van der Waals surface area contributed by atoms with E-state index in [1.165, 1.54) is 6.92 Å². The maximum Gasteiger partial charge on any atom is 0.435 e. The van der Waals surface area contributed by atoms with Crippen molar-refractivity contribution in [2.24, 2.45) is 0 Å². The molecule has 8 heteroatoms. The first kappa shape index (κ1) is 14.6. The second-order valence-electron chi connectivity index (χ2n) is 3.58. The van der Waals surface area contributed by atoms with Gasteiger partial charge in [0.1, 0.15) is 6.54 Å². The first-order valence-electron chi connectivity index (χ1n) is 5.30. The second-order valence-corrected chi connectivity index (χ2v) is 3.58. The molecular formula is C10H12BF3N2O2. The highest BCUT2D eigenvalue weighted by Crippen LogP contribution is 2.32. The molecule has 18 heavy (non-hydrogen) atoms. The molecule has 1 rings (SSSR count). The predicted octanol–water partition coefficient (Wildman–Crippen LogP) is 1.44. The monoisotopic (exact) mass is 260 g/mol. The fourth-order valence-corrected chi connectivity index (χ4v) is 1.57. The van der Waals surface area contributed by atoms with Crippen molar-refractivity contribution in [1.29, 1.82) is 0 Å². The molecule has 0 fully saturated rings. The number of aromatic nitrogens is 2. The van der Waals surface area contributed by atoms with E-state index in [1.807, 2.05) is 0 Å². The average Bonchev–Trinajstić information content (AvgIpc) is 2.54. The molecule has 0 aliphatic carbocycles. The van der Waals surface area contributed by atoms with Crippen LogP contribution >= 0.6 is 0 Å². The van der Waals surface area contributed by atoms with Crippen LogP contribution < -0.4 is 0 Å². The van der Waals surface area contributed by atoms with Gasteiger partial charge in [-0.25, -0.2) is 0 Å². The first-order valence-corrected chi connectivity index (χ1v) is 5.30. The maximum absolute atomic E-state index is 12.6. The van der Waals surface area contributed by atoms with Gasteiger partial charge in [0.15, 0.2) is 5.69 Å². The zero-order valence-corrected chi connectivity index (χ0v) is 10.0. The molecule has 0 spiro atoms. The number of alkyl halides is 3. The summed E-state index contributed by atoms with van der Waals surface area (Å²) in [5, 5.41) is 3.38. The normalized spacial score (nSPS) is 11.6. The van der Waals surface area contributed by atoms with Crippen molar-refractivity contribution in [3.63, 3.8) is 0 Å². The van der Waals surface area contributed by atoms with Crippen LogP contribution in [0.3, 0.4) is 0 Å². The third-order valence-corrected chi connectivity index (χ3v) is 2.37. The Hall–Kier alpha value is -1.47. The number of carbonyl (C=O) groups is 1. The van der Waals surface area contributed by atoms with Crippen LogP contribution in [0.2, 0.25) is 0 Å². The molecule has 0 N–H and O–H groups in total. The van der Waals surface area contributed by atoms with Crippen LogP contribution in [0, 0.1) is 6.92 Å². The van der Waals surface area contributed by atoms with Crippen LogP contribution in [-0.4, -0.2) is 30.2 Å². The van der Waals surface area contributed by atoms with Gasteiger partial charge in [0.05, 0.1) is 14.5 Å². The molecule has 98 valence electrons. The van der Waals surface area contributed by atoms with Crippen LogP contribution in [0.15, 0.2) is 0 Å².